The summed E-state index contributed by atoms with van der Waals surface area (Å²) in [7, 11) is 0. The standard InChI is InChI=1S/C17H26N2O/c1-3-4-5-6-7-8-9-10-11-17(20)19-16-14-15(2)12-13-18-16/h3,12-14H,1,4-11H2,2H3,(H,18,19,20). The zero-order valence-corrected chi connectivity index (χ0v) is 12.5. The Kier molecular flexibility index (Phi) is 8.36. The second-order valence-corrected chi connectivity index (χ2v) is 5.22. The molecule has 3 nitrogen and oxygen atoms in total. The number of rotatable bonds is 10. The number of carbonyl (C=O) groups excluding carboxylic acids is 1. The molecule has 1 heterocycles. The summed E-state index contributed by atoms with van der Waals surface area (Å²) in [5, 5.41) is 2.84. The van der Waals surface area contributed by atoms with Crippen molar-refractivity contribution in [1.82, 2.24) is 4.98 Å². The Hall–Kier alpha value is -1.64. The predicted molar refractivity (Wildman–Crippen MR) is 84.7 cm³/mol. The van der Waals surface area contributed by atoms with E-state index in [-0.39, 0.29) is 5.91 Å². The summed E-state index contributed by atoms with van der Waals surface area (Å²) in [4.78, 5) is 15.9. The summed E-state index contributed by atoms with van der Waals surface area (Å²) in [6, 6.07) is 3.81. The van der Waals surface area contributed by atoms with Crippen LogP contribution in [0.4, 0.5) is 5.82 Å². The molecule has 1 aromatic rings. The SMILES string of the molecule is C=CCCCCCCCCC(=O)Nc1cc(C)ccn1. The van der Waals surface area contributed by atoms with Gasteiger partial charge in [0.15, 0.2) is 0 Å². The molecule has 3 heteroatoms. The van der Waals surface area contributed by atoms with E-state index >= 15 is 0 Å². The summed E-state index contributed by atoms with van der Waals surface area (Å²) in [6.07, 6.45) is 12.5. The Morgan fingerprint density at radius 3 is 2.65 bits per heavy atom. The van der Waals surface area contributed by atoms with Crippen LogP contribution in [0.3, 0.4) is 0 Å². The Morgan fingerprint density at radius 1 is 1.25 bits per heavy atom. The molecule has 0 fully saturated rings. The fourth-order valence-electron chi connectivity index (χ4n) is 2.09. The molecular weight excluding hydrogens is 248 g/mol. The van der Waals surface area contributed by atoms with Gasteiger partial charge < -0.3 is 5.32 Å². The molecule has 0 spiro atoms. The minimum absolute atomic E-state index is 0.0646. The number of nitrogens with zero attached hydrogens (tertiary/aromatic N) is 1. The molecule has 1 amide bonds. The zero-order valence-electron chi connectivity index (χ0n) is 12.5. The van der Waals surface area contributed by atoms with Gasteiger partial charge in [-0.1, -0.05) is 31.8 Å². The van der Waals surface area contributed by atoms with Gasteiger partial charge in [-0.2, -0.15) is 0 Å². The first-order valence-corrected chi connectivity index (χ1v) is 7.56. The Balaban J connectivity index is 2.04. The average Bonchev–Trinajstić information content (AvgIpc) is 2.42. The average molecular weight is 274 g/mol. The highest BCUT2D eigenvalue weighted by Crippen LogP contribution is 2.10. The van der Waals surface area contributed by atoms with E-state index in [1.165, 1.54) is 25.7 Å². The summed E-state index contributed by atoms with van der Waals surface area (Å²) in [6.45, 7) is 5.71. The molecule has 1 aromatic heterocycles. The van der Waals surface area contributed by atoms with Gasteiger partial charge in [0.05, 0.1) is 0 Å². The van der Waals surface area contributed by atoms with Crippen molar-refractivity contribution in [2.75, 3.05) is 5.32 Å². The van der Waals surface area contributed by atoms with Crippen LogP contribution in [-0.2, 0) is 4.79 Å². The molecule has 0 aliphatic rings. The van der Waals surface area contributed by atoms with Gasteiger partial charge in [-0.25, -0.2) is 4.98 Å². The quantitative estimate of drug-likeness (QED) is 0.499. The third-order valence-electron chi connectivity index (χ3n) is 3.25. The van der Waals surface area contributed by atoms with Crippen molar-refractivity contribution >= 4 is 11.7 Å². The van der Waals surface area contributed by atoms with Crippen LogP contribution in [0.5, 0.6) is 0 Å². The first-order chi connectivity index (χ1) is 9.72. The number of unbranched alkanes of at least 4 members (excludes halogenated alkanes) is 6. The first kappa shape index (κ1) is 16.4. The number of carbonyl (C=O) groups is 1. The smallest absolute Gasteiger partial charge is 0.225 e. The van der Waals surface area contributed by atoms with Gasteiger partial charge in [0.25, 0.3) is 0 Å². The van der Waals surface area contributed by atoms with Gasteiger partial charge in [-0.15, -0.1) is 6.58 Å². The van der Waals surface area contributed by atoms with Crippen molar-refractivity contribution < 1.29 is 4.79 Å². The van der Waals surface area contributed by atoms with Crippen LogP contribution in [0.15, 0.2) is 31.0 Å². The zero-order chi connectivity index (χ0) is 14.6. The van der Waals surface area contributed by atoms with Gasteiger partial charge in [0.1, 0.15) is 5.82 Å². The number of amides is 1. The number of pyridine rings is 1. The van der Waals surface area contributed by atoms with Gasteiger partial charge >= 0.3 is 0 Å². The highest BCUT2D eigenvalue weighted by atomic mass is 16.1. The van der Waals surface area contributed by atoms with E-state index in [1.54, 1.807) is 6.20 Å². The summed E-state index contributed by atoms with van der Waals surface area (Å²) in [5.74, 6) is 0.717. The van der Waals surface area contributed by atoms with Crippen LogP contribution in [0.1, 0.15) is 56.9 Å². The van der Waals surface area contributed by atoms with E-state index < -0.39 is 0 Å². The lowest BCUT2D eigenvalue weighted by atomic mass is 10.1. The Bertz CT molecular complexity index is 415. The topological polar surface area (TPSA) is 42.0 Å². The maximum atomic E-state index is 11.7. The first-order valence-electron chi connectivity index (χ1n) is 7.56. The summed E-state index contributed by atoms with van der Waals surface area (Å²) in [5.41, 5.74) is 1.11. The minimum atomic E-state index is 0.0646. The molecule has 110 valence electrons. The molecule has 1 N–H and O–H groups in total. The molecule has 1 rings (SSSR count). The van der Waals surface area contributed by atoms with Crippen LogP contribution in [0, 0.1) is 6.92 Å². The molecule has 0 saturated heterocycles. The number of anilines is 1. The van der Waals surface area contributed by atoms with Crippen molar-refractivity contribution in [2.24, 2.45) is 0 Å². The lowest BCUT2D eigenvalue weighted by molar-refractivity contribution is -0.116. The second-order valence-electron chi connectivity index (χ2n) is 5.22. The van der Waals surface area contributed by atoms with E-state index in [0.717, 1.165) is 24.8 Å². The fourth-order valence-corrected chi connectivity index (χ4v) is 2.09. The molecule has 0 aromatic carbocycles. The minimum Gasteiger partial charge on any atom is -0.311 e. The number of hydrogen-bond acceptors (Lipinski definition) is 2. The van der Waals surface area contributed by atoms with Crippen LogP contribution >= 0.6 is 0 Å². The van der Waals surface area contributed by atoms with Crippen molar-refractivity contribution in [2.45, 2.75) is 58.3 Å². The van der Waals surface area contributed by atoms with Gasteiger partial charge in [-0.3, -0.25) is 4.79 Å². The van der Waals surface area contributed by atoms with E-state index in [1.807, 2.05) is 25.1 Å². The van der Waals surface area contributed by atoms with Crippen LogP contribution < -0.4 is 5.32 Å². The molecule has 0 aliphatic carbocycles. The molecule has 0 saturated carbocycles. The maximum absolute atomic E-state index is 11.7. The van der Waals surface area contributed by atoms with E-state index in [4.69, 9.17) is 0 Å². The molecule has 0 unspecified atom stereocenters. The van der Waals surface area contributed by atoms with Gasteiger partial charge in [-0.05, 0) is 43.9 Å². The summed E-state index contributed by atoms with van der Waals surface area (Å²) >= 11 is 0. The van der Waals surface area contributed by atoms with Gasteiger partial charge in [0.2, 0.25) is 5.91 Å². The van der Waals surface area contributed by atoms with E-state index in [2.05, 4.69) is 16.9 Å². The molecule has 0 aliphatic heterocycles. The number of allylic oxidation sites excluding steroid dienone is 1. The number of aryl methyl sites for hydroxylation is 1. The number of nitrogens with one attached hydrogen (secondary N) is 1. The number of hydrogen-bond donors (Lipinski definition) is 1. The van der Waals surface area contributed by atoms with Crippen molar-refractivity contribution in [1.29, 1.82) is 0 Å². The van der Waals surface area contributed by atoms with Gasteiger partial charge in [0, 0.05) is 12.6 Å². The maximum Gasteiger partial charge on any atom is 0.225 e. The lowest BCUT2D eigenvalue weighted by Gasteiger charge is -2.05. The normalized spacial score (nSPS) is 10.2. The summed E-state index contributed by atoms with van der Waals surface area (Å²) < 4.78 is 0. The van der Waals surface area contributed by atoms with E-state index in [0.29, 0.717) is 12.2 Å². The predicted octanol–water partition coefficient (Wildman–Crippen LogP) is 4.64. The largest absolute Gasteiger partial charge is 0.311 e. The van der Waals surface area contributed by atoms with Crippen molar-refractivity contribution in [3.8, 4) is 0 Å². The molecule has 0 bridgehead atoms. The van der Waals surface area contributed by atoms with Crippen molar-refractivity contribution in [3.63, 3.8) is 0 Å². The van der Waals surface area contributed by atoms with Crippen LogP contribution in [0.25, 0.3) is 0 Å². The van der Waals surface area contributed by atoms with Crippen molar-refractivity contribution in [3.05, 3.63) is 36.5 Å². The third kappa shape index (κ3) is 7.72. The fraction of sp³-hybridized carbons (Fsp3) is 0.529. The molecule has 20 heavy (non-hydrogen) atoms. The highest BCUT2D eigenvalue weighted by Gasteiger charge is 2.03. The highest BCUT2D eigenvalue weighted by molar-refractivity contribution is 5.89. The molecular formula is C17H26N2O. The third-order valence-corrected chi connectivity index (χ3v) is 3.25. The molecule has 0 atom stereocenters. The van der Waals surface area contributed by atoms with Crippen LogP contribution in [-0.4, -0.2) is 10.9 Å². The lowest BCUT2D eigenvalue weighted by Crippen LogP contribution is -2.12. The van der Waals surface area contributed by atoms with E-state index in [9.17, 15) is 4.79 Å². The Labute approximate surface area is 122 Å². The second kappa shape index (κ2) is 10.2. The monoisotopic (exact) mass is 274 g/mol. The van der Waals surface area contributed by atoms with Crippen LogP contribution in [0.2, 0.25) is 0 Å². The number of aromatic nitrogens is 1. The molecule has 0 radical (unpaired) electrons. The Morgan fingerprint density at radius 2 is 1.95 bits per heavy atom.